The number of amides is 1. The van der Waals surface area contributed by atoms with Crippen molar-refractivity contribution in [2.45, 2.75) is 38.9 Å². The highest BCUT2D eigenvalue weighted by molar-refractivity contribution is 5.81. The molecular weight excluding hydrogens is 250 g/mol. The first kappa shape index (κ1) is 15.0. The van der Waals surface area contributed by atoms with Gasteiger partial charge in [0.1, 0.15) is 0 Å². The van der Waals surface area contributed by atoms with Crippen LogP contribution in [0.25, 0.3) is 0 Å². The van der Waals surface area contributed by atoms with Gasteiger partial charge in [-0.3, -0.25) is 9.69 Å². The van der Waals surface area contributed by atoms with Gasteiger partial charge in [0.05, 0.1) is 6.04 Å². The number of carbonyl (C=O) groups excluding carboxylic acids is 1. The lowest BCUT2D eigenvalue weighted by atomic mass is 10.1. The van der Waals surface area contributed by atoms with Gasteiger partial charge in [0, 0.05) is 25.7 Å². The molecule has 4 nitrogen and oxygen atoms in total. The fourth-order valence-corrected chi connectivity index (χ4v) is 2.85. The minimum atomic E-state index is -0.391. The Labute approximate surface area is 121 Å². The molecule has 1 unspecified atom stereocenters. The minimum absolute atomic E-state index is 0.0725. The molecule has 1 aliphatic rings. The van der Waals surface area contributed by atoms with Gasteiger partial charge in [0.2, 0.25) is 5.91 Å². The predicted octanol–water partition coefficient (Wildman–Crippen LogP) is 1.46. The summed E-state index contributed by atoms with van der Waals surface area (Å²) in [5.74, 6) is 0.0725. The number of rotatable bonds is 5. The van der Waals surface area contributed by atoms with Gasteiger partial charge in [-0.05, 0) is 25.5 Å². The Bertz CT molecular complexity index is 433. The lowest BCUT2D eigenvalue weighted by molar-refractivity contribution is -0.131. The van der Waals surface area contributed by atoms with Gasteiger partial charge in [0.15, 0.2) is 0 Å². The summed E-state index contributed by atoms with van der Waals surface area (Å²) in [7, 11) is 0. The first-order valence-electron chi connectivity index (χ1n) is 7.44. The lowest BCUT2D eigenvalue weighted by Crippen LogP contribution is -2.43. The lowest BCUT2D eigenvalue weighted by Gasteiger charge is -2.28. The fraction of sp³-hybridized carbons (Fsp3) is 0.562. The van der Waals surface area contributed by atoms with E-state index in [9.17, 15) is 4.79 Å². The molecule has 0 aliphatic carbocycles. The Morgan fingerprint density at radius 3 is 2.75 bits per heavy atom. The number of nitrogens with two attached hydrogens (primary N) is 1. The van der Waals surface area contributed by atoms with Gasteiger partial charge >= 0.3 is 0 Å². The summed E-state index contributed by atoms with van der Waals surface area (Å²) in [5, 5.41) is 0. The summed E-state index contributed by atoms with van der Waals surface area (Å²) < 4.78 is 0. The van der Waals surface area contributed by atoms with Gasteiger partial charge in [-0.15, -0.1) is 0 Å². The standard InChI is InChI=1S/C16H25N3O/c1-3-18(11-14-7-5-4-6-8-14)15-9-10-19(12-15)16(20)13(2)17/h4-8,13,15H,3,9-12,17H2,1-2H3/t13-,15?/m0/s1. The minimum Gasteiger partial charge on any atom is -0.340 e. The quantitative estimate of drug-likeness (QED) is 0.885. The molecular formula is C16H25N3O. The molecule has 0 spiro atoms. The third-order valence-electron chi connectivity index (χ3n) is 4.02. The zero-order valence-electron chi connectivity index (χ0n) is 12.5. The molecule has 110 valence electrons. The van der Waals surface area contributed by atoms with Crippen molar-refractivity contribution in [3.63, 3.8) is 0 Å². The monoisotopic (exact) mass is 275 g/mol. The fourth-order valence-electron chi connectivity index (χ4n) is 2.85. The Kier molecular flexibility index (Phi) is 5.15. The summed E-state index contributed by atoms with van der Waals surface area (Å²) >= 11 is 0. The third-order valence-corrected chi connectivity index (χ3v) is 4.02. The van der Waals surface area contributed by atoms with Crippen LogP contribution in [0.1, 0.15) is 25.8 Å². The molecule has 0 aromatic heterocycles. The molecule has 1 aromatic carbocycles. The van der Waals surface area contributed by atoms with Crippen LogP contribution < -0.4 is 5.73 Å². The Hall–Kier alpha value is -1.39. The second-order valence-electron chi connectivity index (χ2n) is 5.56. The normalized spacial score (nSPS) is 20.4. The van der Waals surface area contributed by atoms with Crippen molar-refractivity contribution >= 4 is 5.91 Å². The summed E-state index contributed by atoms with van der Waals surface area (Å²) in [6, 6.07) is 10.6. The van der Waals surface area contributed by atoms with E-state index in [1.54, 1.807) is 6.92 Å². The van der Waals surface area contributed by atoms with Gasteiger partial charge in [-0.2, -0.15) is 0 Å². The SMILES string of the molecule is CCN(Cc1ccccc1)C1CCN(C(=O)[C@H](C)N)C1. The molecule has 0 radical (unpaired) electrons. The average molecular weight is 275 g/mol. The number of hydrogen-bond acceptors (Lipinski definition) is 3. The van der Waals surface area contributed by atoms with Crippen LogP contribution in [0, 0.1) is 0 Å². The van der Waals surface area contributed by atoms with Crippen molar-refractivity contribution in [3.8, 4) is 0 Å². The van der Waals surface area contributed by atoms with Crippen molar-refractivity contribution in [2.24, 2.45) is 5.73 Å². The largest absolute Gasteiger partial charge is 0.340 e. The van der Waals surface area contributed by atoms with Crippen molar-refractivity contribution in [1.29, 1.82) is 0 Å². The third kappa shape index (κ3) is 3.58. The number of hydrogen-bond donors (Lipinski definition) is 1. The van der Waals surface area contributed by atoms with Crippen LogP contribution in [0.5, 0.6) is 0 Å². The Morgan fingerprint density at radius 1 is 1.45 bits per heavy atom. The second kappa shape index (κ2) is 6.86. The Morgan fingerprint density at radius 2 is 2.15 bits per heavy atom. The van der Waals surface area contributed by atoms with Gasteiger partial charge in [-0.25, -0.2) is 0 Å². The molecule has 20 heavy (non-hydrogen) atoms. The maximum absolute atomic E-state index is 11.9. The van der Waals surface area contributed by atoms with Crippen LogP contribution >= 0.6 is 0 Å². The molecule has 0 saturated carbocycles. The molecule has 1 aliphatic heterocycles. The maximum Gasteiger partial charge on any atom is 0.239 e. The molecule has 1 heterocycles. The van der Waals surface area contributed by atoms with Gasteiger partial charge in [0.25, 0.3) is 0 Å². The highest BCUT2D eigenvalue weighted by atomic mass is 16.2. The molecule has 1 saturated heterocycles. The number of carbonyl (C=O) groups is 1. The molecule has 1 aromatic rings. The molecule has 2 N–H and O–H groups in total. The average Bonchev–Trinajstić information content (AvgIpc) is 2.94. The summed E-state index contributed by atoms with van der Waals surface area (Å²) in [5.41, 5.74) is 7.01. The Balaban J connectivity index is 1.95. The zero-order valence-corrected chi connectivity index (χ0v) is 12.5. The first-order chi connectivity index (χ1) is 9.61. The molecule has 4 heteroatoms. The molecule has 2 atom stereocenters. The number of benzene rings is 1. The zero-order chi connectivity index (χ0) is 14.5. The van der Waals surface area contributed by atoms with E-state index in [1.807, 2.05) is 11.0 Å². The van der Waals surface area contributed by atoms with Crippen molar-refractivity contribution in [2.75, 3.05) is 19.6 Å². The maximum atomic E-state index is 11.9. The van der Waals surface area contributed by atoms with Crippen LogP contribution in [-0.2, 0) is 11.3 Å². The van der Waals surface area contributed by atoms with Crippen molar-refractivity contribution in [3.05, 3.63) is 35.9 Å². The van der Waals surface area contributed by atoms with Crippen LogP contribution in [-0.4, -0.2) is 47.4 Å². The smallest absolute Gasteiger partial charge is 0.239 e. The van der Waals surface area contributed by atoms with E-state index in [2.05, 4.69) is 36.1 Å². The molecule has 1 fully saturated rings. The van der Waals surface area contributed by atoms with Crippen LogP contribution in [0.4, 0.5) is 0 Å². The van der Waals surface area contributed by atoms with E-state index in [0.29, 0.717) is 6.04 Å². The number of nitrogens with zero attached hydrogens (tertiary/aromatic N) is 2. The van der Waals surface area contributed by atoms with Crippen LogP contribution in [0.15, 0.2) is 30.3 Å². The van der Waals surface area contributed by atoms with Gasteiger partial charge < -0.3 is 10.6 Å². The van der Waals surface area contributed by atoms with E-state index >= 15 is 0 Å². The van der Waals surface area contributed by atoms with E-state index in [4.69, 9.17) is 5.73 Å². The number of likely N-dealkylation sites (tertiary alicyclic amines) is 1. The van der Waals surface area contributed by atoms with Gasteiger partial charge in [-0.1, -0.05) is 37.3 Å². The van der Waals surface area contributed by atoms with E-state index < -0.39 is 6.04 Å². The number of likely N-dealkylation sites (N-methyl/N-ethyl adjacent to an activating group) is 1. The van der Waals surface area contributed by atoms with E-state index in [-0.39, 0.29) is 5.91 Å². The molecule has 0 bridgehead atoms. The predicted molar refractivity (Wildman–Crippen MR) is 81.2 cm³/mol. The van der Waals surface area contributed by atoms with E-state index in [0.717, 1.165) is 32.6 Å². The van der Waals surface area contributed by atoms with Crippen LogP contribution in [0.2, 0.25) is 0 Å². The first-order valence-corrected chi connectivity index (χ1v) is 7.44. The highest BCUT2D eigenvalue weighted by Crippen LogP contribution is 2.18. The summed E-state index contributed by atoms with van der Waals surface area (Å²) in [6.07, 6.45) is 1.04. The topological polar surface area (TPSA) is 49.6 Å². The van der Waals surface area contributed by atoms with Crippen LogP contribution in [0.3, 0.4) is 0 Å². The highest BCUT2D eigenvalue weighted by Gasteiger charge is 2.30. The molecule has 2 rings (SSSR count). The van der Waals surface area contributed by atoms with Crippen molar-refractivity contribution < 1.29 is 4.79 Å². The van der Waals surface area contributed by atoms with Crippen molar-refractivity contribution in [1.82, 2.24) is 9.80 Å². The molecule has 1 amide bonds. The second-order valence-corrected chi connectivity index (χ2v) is 5.56. The summed E-state index contributed by atoms with van der Waals surface area (Å²) in [4.78, 5) is 16.3. The summed E-state index contributed by atoms with van der Waals surface area (Å²) in [6.45, 7) is 7.52. The van der Waals surface area contributed by atoms with E-state index in [1.165, 1.54) is 5.56 Å².